The highest BCUT2D eigenvalue weighted by atomic mass is 35.5. The summed E-state index contributed by atoms with van der Waals surface area (Å²) in [6.45, 7) is 0. The summed E-state index contributed by atoms with van der Waals surface area (Å²) in [6.07, 6.45) is 1.61. The van der Waals surface area contributed by atoms with Gasteiger partial charge in [0.05, 0.1) is 16.3 Å². The molecule has 0 fully saturated rings. The molecule has 53 heavy (non-hydrogen) atoms. The Morgan fingerprint density at radius 2 is 1.28 bits per heavy atom. The number of amides is 3. The van der Waals surface area contributed by atoms with Crippen molar-refractivity contribution in [3.63, 3.8) is 0 Å². The summed E-state index contributed by atoms with van der Waals surface area (Å²) in [5.41, 5.74) is 4.48. The Morgan fingerprint density at radius 1 is 0.642 bits per heavy atom. The van der Waals surface area contributed by atoms with Gasteiger partial charge in [0.25, 0.3) is 11.8 Å². The summed E-state index contributed by atoms with van der Waals surface area (Å²) in [7, 11) is 0. The molecule has 6 aromatic carbocycles. The van der Waals surface area contributed by atoms with Crippen molar-refractivity contribution in [2.45, 2.75) is 10.1 Å². The van der Waals surface area contributed by atoms with Gasteiger partial charge in [-0.15, -0.1) is 11.8 Å². The number of hydrogen-bond acceptors (Lipinski definition) is 5. The smallest absolute Gasteiger partial charge is 0.335 e. The van der Waals surface area contributed by atoms with E-state index in [1.165, 1.54) is 30.0 Å². The largest absolute Gasteiger partial charge is 0.478 e. The Morgan fingerprint density at radius 3 is 1.96 bits per heavy atom. The molecule has 1 atom stereocenters. The molecule has 0 aromatic heterocycles. The number of carboxylic acid groups (broad SMARTS) is 1. The number of halogens is 1. The van der Waals surface area contributed by atoms with Crippen molar-refractivity contribution in [2.24, 2.45) is 0 Å². The fourth-order valence-electron chi connectivity index (χ4n) is 5.35. The van der Waals surface area contributed by atoms with Crippen LogP contribution >= 0.6 is 23.4 Å². The van der Waals surface area contributed by atoms with E-state index in [1.54, 1.807) is 54.6 Å². The number of hydrogen-bond donors (Lipinski definition) is 4. The van der Waals surface area contributed by atoms with Crippen LogP contribution in [0.2, 0.25) is 5.02 Å². The Balaban J connectivity index is 1.24. The van der Waals surface area contributed by atoms with Crippen molar-refractivity contribution in [1.82, 2.24) is 5.32 Å². The highest BCUT2D eigenvalue weighted by Crippen LogP contribution is 2.38. The first-order chi connectivity index (χ1) is 25.7. The fourth-order valence-corrected chi connectivity index (χ4v) is 6.59. The third-order valence-electron chi connectivity index (χ3n) is 8.02. The first-order valence-electron chi connectivity index (χ1n) is 16.4. The molecule has 8 nitrogen and oxygen atoms in total. The van der Waals surface area contributed by atoms with Gasteiger partial charge in [-0.25, -0.2) is 4.79 Å². The van der Waals surface area contributed by atoms with E-state index in [9.17, 15) is 24.3 Å². The summed E-state index contributed by atoms with van der Waals surface area (Å²) in [6, 6.07) is 46.4. The monoisotopic (exact) mass is 737 g/mol. The lowest BCUT2D eigenvalue weighted by atomic mass is 10.0. The van der Waals surface area contributed by atoms with Crippen molar-refractivity contribution in [2.75, 3.05) is 10.6 Å². The maximum absolute atomic E-state index is 13.8. The number of carbonyl (C=O) groups is 4. The Labute approximate surface area is 315 Å². The molecule has 10 heteroatoms. The number of carboxylic acids is 1. The highest BCUT2D eigenvalue weighted by Gasteiger charge is 2.24. The van der Waals surface area contributed by atoms with Crippen molar-refractivity contribution < 1.29 is 24.3 Å². The van der Waals surface area contributed by atoms with Crippen LogP contribution in [0.5, 0.6) is 0 Å². The van der Waals surface area contributed by atoms with Crippen LogP contribution in [0.15, 0.2) is 168 Å². The topological polar surface area (TPSA) is 125 Å². The van der Waals surface area contributed by atoms with Gasteiger partial charge in [0.15, 0.2) is 0 Å². The number of aromatic carboxylic acids is 1. The Bertz CT molecular complexity index is 2280. The number of nitrogens with one attached hydrogen (secondary N) is 3. The molecule has 0 bridgehead atoms. The molecule has 262 valence electrons. The summed E-state index contributed by atoms with van der Waals surface area (Å²) >= 11 is 7.55. The molecule has 0 saturated carbocycles. The van der Waals surface area contributed by atoms with Gasteiger partial charge >= 0.3 is 5.97 Å². The average molecular weight is 738 g/mol. The number of thioether (sulfide) groups is 1. The minimum absolute atomic E-state index is 0.0189. The zero-order valence-corrected chi connectivity index (χ0v) is 29.6. The highest BCUT2D eigenvalue weighted by molar-refractivity contribution is 8.00. The summed E-state index contributed by atoms with van der Waals surface area (Å²) in [5.74, 6) is -2.56. The standard InChI is InChI=1S/C43H32ClN3O5S/c44-36-24-23-33(43(51)52)26-37(36)46-42(50)39(31-13-6-2-7-14-31)53-35-18-10-17-34(27-35)45-41(49)38(47-40(48)32-15-8-3-9-16-32)25-28-19-21-30(22-20-28)29-11-4-1-5-12-29/h1-27,39H,(H,45,49)(H,46,50)(H,47,48)(H,51,52)/b38-25+. The van der Waals surface area contributed by atoms with Crippen LogP contribution in [-0.2, 0) is 9.59 Å². The van der Waals surface area contributed by atoms with Crippen LogP contribution in [-0.4, -0.2) is 28.8 Å². The first-order valence-corrected chi connectivity index (χ1v) is 17.7. The summed E-state index contributed by atoms with van der Waals surface area (Å²) in [4.78, 5) is 53.0. The molecule has 6 rings (SSSR count). The van der Waals surface area contributed by atoms with E-state index in [4.69, 9.17) is 11.6 Å². The molecule has 0 spiro atoms. The second kappa shape index (κ2) is 17.2. The van der Waals surface area contributed by atoms with Crippen LogP contribution in [0.4, 0.5) is 11.4 Å². The Kier molecular flexibility index (Phi) is 11.8. The zero-order valence-electron chi connectivity index (χ0n) is 28.0. The van der Waals surface area contributed by atoms with Crippen molar-refractivity contribution in [1.29, 1.82) is 0 Å². The van der Waals surface area contributed by atoms with Gasteiger partial charge in [0, 0.05) is 16.1 Å². The lowest BCUT2D eigenvalue weighted by Gasteiger charge is -2.18. The maximum atomic E-state index is 13.8. The number of anilines is 2. The van der Waals surface area contributed by atoms with E-state index in [2.05, 4.69) is 16.0 Å². The maximum Gasteiger partial charge on any atom is 0.335 e. The number of benzene rings is 6. The SMILES string of the molecule is O=C(Nc1cccc(SC(C(=O)Nc2cc(C(=O)O)ccc2Cl)c2ccccc2)c1)/C(=C\c1ccc(-c2ccccc2)cc1)NC(=O)c1ccccc1. The van der Waals surface area contributed by atoms with E-state index in [-0.39, 0.29) is 22.0 Å². The number of rotatable bonds is 12. The lowest BCUT2D eigenvalue weighted by molar-refractivity contribution is -0.116. The van der Waals surface area contributed by atoms with Crippen LogP contribution in [0.3, 0.4) is 0 Å². The van der Waals surface area contributed by atoms with Crippen LogP contribution in [0.1, 0.15) is 37.1 Å². The Hall–Kier alpha value is -6.42. The van der Waals surface area contributed by atoms with Crippen molar-refractivity contribution in [3.8, 4) is 11.1 Å². The fraction of sp³-hybridized carbons (Fsp3) is 0.0233. The molecule has 0 radical (unpaired) electrons. The molecule has 0 heterocycles. The lowest BCUT2D eigenvalue weighted by Crippen LogP contribution is -2.30. The third kappa shape index (κ3) is 9.68. The molecule has 0 aliphatic heterocycles. The second-order valence-corrected chi connectivity index (χ2v) is 13.3. The van der Waals surface area contributed by atoms with E-state index < -0.39 is 28.9 Å². The second-order valence-electron chi connectivity index (χ2n) is 11.7. The molecule has 3 amide bonds. The van der Waals surface area contributed by atoms with E-state index in [0.717, 1.165) is 11.1 Å². The van der Waals surface area contributed by atoms with Gasteiger partial charge in [-0.2, -0.15) is 0 Å². The third-order valence-corrected chi connectivity index (χ3v) is 9.59. The van der Waals surface area contributed by atoms with E-state index in [0.29, 0.717) is 27.3 Å². The van der Waals surface area contributed by atoms with Crippen molar-refractivity contribution in [3.05, 3.63) is 191 Å². The molecule has 0 saturated heterocycles. The molecule has 6 aromatic rings. The molecule has 0 aliphatic carbocycles. The molecular formula is C43H32ClN3O5S. The molecule has 4 N–H and O–H groups in total. The van der Waals surface area contributed by atoms with Crippen molar-refractivity contribution >= 4 is 64.5 Å². The normalized spacial score (nSPS) is 11.6. The van der Waals surface area contributed by atoms with E-state index >= 15 is 0 Å². The summed E-state index contributed by atoms with van der Waals surface area (Å²) in [5, 5.41) is 17.3. The van der Waals surface area contributed by atoms with Crippen LogP contribution in [0.25, 0.3) is 17.2 Å². The number of carbonyl (C=O) groups excluding carboxylic acids is 3. The average Bonchev–Trinajstić information content (AvgIpc) is 3.18. The predicted octanol–water partition coefficient (Wildman–Crippen LogP) is 9.59. The molecule has 0 aliphatic rings. The van der Waals surface area contributed by atoms with Gasteiger partial charge in [-0.05, 0) is 76.9 Å². The van der Waals surface area contributed by atoms with Gasteiger partial charge in [-0.1, -0.05) is 121 Å². The van der Waals surface area contributed by atoms with E-state index in [1.807, 2.05) is 91.0 Å². The predicted molar refractivity (Wildman–Crippen MR) is 211 cm³/mol. The van der Waals surface area contributed by atoms with Gasteiger partial charge < -0.3 is 21.1 Å². The molecule has 1 unspecified atom stereocenters. The quantitative estimate of drug-likeness (QED) is 0.0733. The van der Waals surface area contributed by atoms with Gasteiger partial charge in [0.1, 0.15) is 10.9 Å². The minimum atomic E-state index is -1.15. The van der Waals surface area contributed by atoms with Gasteiger partial charge in [-0.3, -0.25) is 14.4 Å². The van der Waals surface area contributed by atoms with Crippen LogP contribution in [0, 0.1) is 0 Å². The molecular weight excluding hydrogens is 706 g/mol. The minimum Gasteiger partial charge on any atom is -0.478 e. The summed E-state index contributed by atoms with van der Waals surface area (Å²) < 4.78 is 0. The van der Waals surface area contributed by atoms with Crippen LogP contribution < -0.4 is 16.0 Å². The zero-order chi connectivity index (χ0) is 37.2. The van der Waals surface area contributed by atoms with Gasteiger partial charge in [0.2, 0.25) is 5.91 Å². The first kappa shape index (κ1) is 36.4.